The largest absolute Gasteiger partial charge is 0.494 e. The van der Waals surface area contributed by atoms with Gasteiger partial charge in [0.15, 0.2) is 0 Å². The average Bonchev–Trinajstić information content (AvgIpc) is 3.26. The zero-order chi connectivity index (χ0) is 20.7. The van der Waals surface area contributed by atoms with E-state index in [0.717, 1.165) is 22.6 Å². The van der Waals surface area contributed by atoms with Crippen LogP contribution < -0.4 is 14.9 Å². The van der Waals surface area contributed by atoms with E-state index in [0.29, 0.717) is 6.61 Å². The average molecular weight is 430 g/mol. The molecule has 0 bridgehead atoms. The summed E-state index contributed by atoms with van der Waals surface area (Å²) in [5.74, 6) is 0.220. The lowest BCUT2D eigenvalue weighted by atomic mass is 10.2. The first kappa shape index (κ1) is 20.6. The lowest BCUT2D eigenvalue weighted by Gasteiger charge is -2.10. The van der Waals surface area contributed by atoms with E-state index in [-0.39, 0.29) is 15.5 Å². The van der Waals surface area contributed by atoms with Crippen molar-refractivity contribution in [1.82, 2.24) is 5.43 Å². The van der Waals surface area contributed by atoms with Gasteiger partial charge in [-0.25, -0.2) is 13.8 Å². The van der Waals surface area contributed by atoms with Crippen LogP contribution in [0.25, 0.3) is 0 Å². The van der Waals surface area contributed by atoms with Crippen molar-refractivity contribution in [1.29, 1.82) is 0 Å². The molecule has 29 heavy (non-hydrogen) atoms. The van der Waals surface area contributed by atoms with E-state index in [9.17, 15) is 13.2 Å². The molecule has 0 unspecified atom stereocenters. The predicted molar refractivity (Wildman–Crippen MR) is 114 cm³/mol. The topological polar surface area (TPSA) is 96.9 Å². The van der Waals surface area contributed by atoms with Gasteiger partial charge in [-0.2, -0.15) is 5.10 Å². The van der Waals surface area contributed by atoms with Crippen LogP contribution in [0.1, 0.15) is 22.8 Å². The maximum atomic E-state index is 12.5. The van der Waals surface area contributed by atoms with Gasteiger partial charge in [0.1, 0.15) is 9.96 Å². The quantitative estimate of drug-likeness (QED) is 0.421. The van der Waals surface area contributed by atoms with Crippen LogP contribution in [0.2, 0.25) is 0 Å². The number of benzene rings is 2. The number of hydrazone groups is 1. The zero-order valence-electron chi connectivity index (χ0n) is 15.5. The van der Waals surface area contributed by atoms with E-state index < -0.39 is 15.9 Å². The molecule has 3 aromatic rings. The van der Waals surface area contributed by atoms with Crippen molar-refractivity contribution in [2.24, 2.45) is 5.10 Å². The summed E-state index contributed by atoms with van der Waals surface area (Å²) < 4.78 is 32.9. The number of hydrogen-bond acceptors (Lipinski definition) is 6. The SMILES string of the molecule is CCOc1ccc(/C=N/NC(=O)c2ccccc2NS(=O)(=O)c2cccs2)cc1. The number of anilines is 1. The van der Waals surface area contributed by atoms with Gasteiger partial charge >= 0.3 is 0 Å². The predicted octanol–water partition coefficient (Wildman–Crippen LogP) is 3.71. The smallest absolute Gasteiger partial charge is 0.273 e. The molecule has 2 aromatic carbocycles. The minimum atomic E-state index is -3.76. The third-order valence-corrected chi connectivity index (χ3v) is 6.51. The molecule has 9 heteroatoms. The second kappa shape index (κ2) is 9.35. The van der Waals surface area contributed by atoms with Gasteiger partial charge < -0.3 is 4.74 Å². The Bertz CT molecular complexity index is 1090. The summed E-state index contributed by atoms with van der Waals surface area (Å²) in [4.78, 5) is 12.5. The molecule has 150 valence electrons. The number of amides is 1. The molecule has 0 aliphatic carbocycles. The van der Waals surface area contributed by atoms with Gasteiger partial charge in [-0.3, -0.25) is 9.52 Å². The number of nitrogens with zero attached hydrogens (tertiary/aromatic N) is 1. The molecule has 1 aromatic heterocycles. The van der Waals surface area contributed by atoms with Crippen molar-refractivity contribution >= 4 is 39.2 Å². The van der Waals surface area contributed by atoms with Crippen molar-refractivity contribution in [2.45, 2.75) is 11.1 Å². The fourth-order valence-corrected chi connectivity index (χ4v) is 4.50. The number of thiophene rings is 1. The molecule has 0 saturated heterocycles. The van der Waals surface area contributed by atoms with E-state index in [1.807, 2.05) is 19.1 Å². The summed E-state index contributed by atoms with van der Waals surface area (Å²) in [5, 5.41) is 5.61. The van der Waals surface area contributed by atoms with Crippen LogP contribution in [0.15, 0.2) is 75.4 Å². The van der Waals surface area contributed by atoms with Gasteiger partial charge in [-0.15, -0.1) is 11.3 Å². The first-order valence-corrected chi connectivity index (χ1v) is 11.1. The van der Waals surface area contributed by atoms with Crippen molar-refractivity contribution in [2.75, 3.05) is 11.3 Å². The summed E-state index contributed by atoms with van der Waals surface area (Å²) in [6, 6.07) is 16.7. The molecule has 0 atom stereocenters. The Morgan fingerprint density at radius 2 is 1.86 bits per heavy atom. The standard InChI is InChI=1S/C20H19N3O4S2/c1-2-27-16-11-9-15(10-12-16)14-21-22-20(24)17-6-3-4-7-18(17)23-29(25,26)19-8-5-13-28-19/h3-14,23H,2H2,1H3,(H,22,24)/b21-14+. The minimum Gasteiger partial charge on any atom is -0.494 e. The van der Waals surface area contributed by atoms with E-state index in [1.54, 1.807) is 35.7 Å². The Kier molecular flexibility index (Phi) is 6.63. The maximum Gasteiger partial charge on any atom is 0.273 e. The van der Waals surface area contributed by atoms with Crippen LogP contribution in [0.5, 0.6) is 5.75 Å². The third kappa shape index (κ3) is 5.43. The zero-order valence-corrected chi connectivity index (χ0v) is 17.2. The first-order valence-electron chi connectivity index (χ1n) is 8.71. The van der Waals surface area contributed by atoms with Crippen LogP contribution in [0.3, 0.4) is 0 Å². The number of carbonyl (C=O) groups is 1. The van der Waals surface area contributed by atoms with E-state index in [2.05, 4.69) is 15.2 Å². The van der Waals surface area contributed by atoms with Crippen LogP contribution >= 0.6 is 11.3 Å². The van der Waals surface area contributed by atoms with Crippen LogP contribution in [0, 0.1) is 0 Å². The first-order chi connectivity index (χ1) is 14.0. The molecule has 0 aliphatic heterocycles. The van der Waals surface area contributed by atoms with Crippen molar-refractivity contribution in [3.63, 3.8) is 0 Å². The lowest BCUT2D eigenvalue weighted by Crippen LogP contribution is -2.21. The van der Waals surface area contributed by atoms with Crippen molar-refractivity contribution < 1.29 is 17.9 Å². The summed E-state index contributed by atoms with van der Waals surface area (Å²) in [6.45, 7) is 2.49. The molecule has 3 rings (SSSR count). The van der Waals surface area contributed by atoms with Gasteiger partial charge in [-0.05, 0) is 60.3 Å². The second-order valence-corrected chi connectivity index (χ2v) is 8.64. The summed E-state index contributed by atoms with van der Waals surface area (Å²) in [5.41, 5.74) is 3.53. The number of rotatable bonds is 8. The Morgan fingerprint density at radius 3 is 2.55 bits per heavy atom. The molecular formula is C20H19N3O4S2. The highest BCUT2D eigenvalue weighted by Crippen LogP contribution is 2.22. The molecule has 0 radical (unpaired) electrons. The summed E-state index contributed by atoms with van der Waals surface area (Å²) in [6.07, 6.45) is 1.49. The lowest BCUT2D eigenvalue weighted by molar-refractivity contribution is 0.0956. The Morgan fingerprint density at radius 1 is 1.10 bits per heavy atom. The highest BCUT2D eigenvalue weighted by molar-refractivity contribution is 7.94. The second-order valence-electron chi connectivity index (χ2n) is 5.78. The van der Waals surface area contributed by atoms with Crippen LogP contribution in [-0.2, 0) is 10.0 Å². The number of sulfonamides is 1. The van der Waals surface area contributed by atoms with E-state index >= 15 is 0 Å². The number of nitrogens with one attached hydrogen (secondary N) is 2. The molecular weight excluding hydrogens is 410 g/mol. The fourth-order valence-electron chi connectivity index (χ4n) is 2.42. The molecule has 1 heterocycles. The fraction of sp³-hybridized carbons (Fsp3) is 0.100. The normalized spacial score (nSPS) is 11.3. The molecule has 7 nitrogen and oxygen atoms in total. The Labute approximate surface area is 173 Å². The molecule has 0 fully saturated rings. The van der Waals surface area contributed by atoms with Crippen molar-refractivity contribution in [3.8, 4) is 5.75 Å². The number of hydrogen-bond donors (Lipinski definition) is 2. The summed E-state index contributed by atoms with van der Waals surface area (Å²) >= 11 is 1.10. The van der Waals surface area contributed by atoms with Gasteiger partial charge in [0.05, 0.1) is 24.1 Å². The highest BCUT2D eigenvalue weighted by Gasteiger charge is 2.19. The van der Waals surface area contributed by atoms with Crippen LogP contribution in [0.4, 0.5) is 5.69 Å². The van der Waals surface area contributed by atoms with Crippen molar-refractivity contribution in [3.05, 3.63) is 77.2 Å². The highest BCUT2D eigenvalue weighted by atomic mass is 32.2. The maximum absolute atomic E-state index is 12.5. The van der Waals surface area contributed by atoms with Gasteiger partial charge in [0, 0.05) is 0 Å². The van der Waals surface area contributed by atoms with E-state index in [4.69, 9.17) is 4.74 Å². The van der Waals surface area contributed by atoms with Crippen LogP contribution in [-0.4, -0.2) is 27.1 Å². The number of ether oxygens (including phenoxy) is 1. The molecule has 0 saturated carbocycles. The molecule has 1 amide bonds. The van der Waals surface area contributed by atoms with E-state index in [1.165, 1.54) is 24.4 Å². The number of carbonyl (C=O) groups excluding carboxylic acids is 1. The molecule has 0 aliphatic rings. The monoisotopic (exact) mass is 429 g/mol. The molecule has 0 spiro atoms. The van der Waals surface area contributed by atoms with Gasteiger partial charge in [-0.1, -0.05) is 18.2 Å². The third-order valence-electron chi connectivity index (χ3n) is 3.75. The van der Waals surface area contributed by atoms with Gasteiger partial charge in [0.2, 0.25) is 0 Å². The molecule has 2 N–H and O–H groups in total. The Hall–Kier alpha value is -3.17. The number of para-hydroxylation sites is 1. The minimum absolute atomic E-state index is 0.163. The van der Waals surface area contributed by atoms with Gasteiger partial charge in [0.25, 0.3) is 15.9 Å². The Balaban J connectivity index is 1.70. The summed E-state index contributed by atoms with van der Waals surface area (Å²) in [7, 11) is -3.76.